The van der Waals surface area contributed by atoms with Crippen LogP contribution in [0.25, 0.3) is 22.6 Å². The molecule has 0 radical (unpaired) electrons. The molecule has 0 aliphatic rings. The molecule has 3 aromatic carbocycles. The van der Waals surface area contributed by atoms with Gasteiger partial charge in [-0.3, -0.25) is 4.99 Å². The second kappa shape index (κ2) is 7.66. The van der Waals surface area contributed by atoms with Crippen molar-refractivity contribution in [2.24, 2.45) is 4.99 Å². The molecule has 0 aliphatic heterocycles. The topological polar surface area (TPSA) is 67.9 Å². The molecule has 1 N–H and O–H groups in total. The third-order valence-corrected chi connectivity index (χ3v) is 4.81. The zero-order valence-electron chi connectivity index (χ0n) is 14.7. The molecule has 0 saturated carbocycles. The highest BCUT2D eigenvalue weighted by molar-refractivity contribution is 9.10. The lowest BCUT2D eigenvalue weighted by atomic mass is 10.2. The highest BCUT2D eigenvalue weighted by Crippen LogP contribution is 2.33. The molecule has 7 heteroatoms. The number of phenols is 1. The van der Waals surface area contributed by atoms with Gasteiger partial charge in [0, 0.05) is 26.8 Å². The normalized spacial score (nSPS) is 11.4. The third-order valence-electron chi connectivity index (χ3n) is 4.10. The third kappa shape index (κ3) is 3.74. The Morgan fingerprint density at radius 3 is 2.68 bits per heavy atom. The van der Waals surface area contributed by atoms with E-state index in [0.717, 1.165) is 10.0 Å². The van der Waals surface area contributed by atoms with E-state index in [1.54, 1.807) is 30.5 Å². The van der Waals surface area contributed by atoms with E-state index in [0.29, 0.717) is 39.0 Å². The van der Waals surface area contributed by atoms with Crippen LogP contribution in [0.3, 0.4) is 0 Å². The molecule has 4 aromatic rings. The van der Waals surface area contributed by atoms with E-state index in [4.69, 9.17) is 20.8 Å². The summed E-state index contributed by atoms with van der Waals surface area (Å²) in [5.41, 5.74) is 3.42. The van der Waals surface area contributed by atoms with Crippen molar-refractivity contribution in [1.29, 1.82) is 0 Å². The van der Waals surface area contributed by atoms with Crippen molar-refractivity contribution >= 4 is 50.5 Å². The van der Waals surface area contributed by atoms with Gasteiger partial charge in [0.1, 0.15) is 5.52 Å². The molecular formula is C21H14BrClN2O3. The van der Waals surface area contributed by atoms with Crippen LogP contribution in [0, 0.1) is 0 Å². The number of aromatic nitrogens is 1. The molecule has 140 valence electrons. The number of halogens is 2. The smallest absolute Gasteiger partial charge is 0.227 e. The Bertz CT molecular complexity index is 1190. The first-order valence-electron chi connectivity index (χ1n) is 8.30. The van der Waals surface area contributed by atoms with Crippen molar-refractivity contribution in [1.82, 2.24) is 4.98 Å². The Balaban J connectivity index is 1.66. The van der Waals surface area contributed by atoms with Crippen LogP contribution in [0.5, 0.6) is 11.5 Å². The fourth-order valence-electron chi connectivity index (χ4n) is 2.70. The van der Waals surface area contributed by atoms with Crippen molar-refractivity contribution in [3.63, 3.8) is 0 Å². The number of benzene rings is 3. The van der Waals surface area contributed by atoms with Gasteiger partial charge in [0.2, 0.25) is 5.89 Å². The van der Waals surface area contributed by atoms with Gasteiger partial charge in [-0.2, -0.15) is 0 Å². The van der Waals surface area contributed by atoms with Crippen molar-refractivity contribution in [2.75, 3.05) is 7.11 Å². The molecule has 0 spiro atoms. The maximum absolute atomic E-state index is 10.2. The van der Waals surface area contributed by atoms with Gasteiger partial charge in [0.05, 0.1) is 12.8 Å². The molecule has 0 fully saturated rings. The summed E-state index contributed by atoms with van der Waals surface area (Å²) in [6, 6.07) is 16.2. The summed E-state index contributed by atoms with van der Waals surface area (Å²) >= 11 is 9.32. The van der Waals surface area contributed by atoms with Crippen LogP contribution < -0.4 is 4.74 Å². The van der Waals surface area contributed by atoms with E-state index in [1.807, 2.05) is 30.3 Å². The average molecular weight is 458 g/mol. The van der Waals surface area contributed by atoms with Gasteiger partial charge in [-0.1, -0.05) is 27.5 Å². The molecular weight excluding hydrogens is 444 g/mol. The minimum Gasteiger partial charge on any atom is -0.504 e. The largest absolute Gasteiger partial charge is 0.504 e. The lowest BCUT2D eigenvalue weighted by Crippen LogP contribution is -1.89. The number of rotatable bonds is 4. The average Bonchev–Trinajstić information content (AvgIpc) is 3.12. The van der Waals surface area contributed by atoms with Gasteiger partial charge < -0.3 is 14.3 Å². The number of phenolic OH excluding ortho intramolecular Hbond substituents is 1. The van der Waals surface area contributed by atoms with Crippen LogP contribution in [0.4, 0.5) is 5.69 Å². The predicted molar refractivity (Wildman–Crippen MR) is 114 cm³/mol. The fourth-order valence-corrected chi connectivity index (χ4v) is 3.29. The summed E-state index contributed by atoms with van der Waals surface area (Å²) in [5, 5.41) is 10.9. The van der Waals surface area contributed by atoms with Gasteiger partial charge in [-0.05, 0) is 54.6 Å². The van der Waals surface area contributed by atoms with Gasteiger partial charge in [-0.25, -0.2) is 4.98 Å². The van der Waals surface area contributed by atoms with Gasteiger partial charge in [0.25, 0.3) is 0 Å². The van der Waals surface area contributed by atoms with E-state index in [9.17, 15) is 5.11 Å². The number of hydrogen-bond donors (Lipinski definition) is 1. The first kappa shape index (κ1) is 18.5. The highest BCUT2D eigenvalue weighted by atomic mass is 79.9. The minimum absolute atomic E-state index is 0.0296. The molecule has 4 rings (SSSR count). The van der Waals surface area contributed by atoms with Crippen molar-refractivity contribution in [3.8, 4) is 23.0 Å². The Kier molecular flexibility index (Phi) is 5.07. The van der Waals surface area contributed by atoms with Crippen LogP contribution in [0.1, 0.15) is 5.56 Å². The molecule has 0 bridgehead atoms. The monoisotopic (exact) mass is 456 g/mol. The Labute approximate surface area is 174 Å². The first-order valence-corrected chi connectivity index (χ1v) is 9.47. The highest BCUT2D eigenvalue weighted by Gasteiger charge is 2.10. The number of ether oxygens (including phenoxy) is 1. The van der Waals surface area contributed by atoms with E-state index < -0.39 is 0 Å². The Morgan fingerprint density at radius 1 is 1.14 bits per heavy atom. The summed E-state index contributed by atoms with van der Waals surface area (Å²) in [6.45, 7) is 0. The molecule has 1 aromatic heterocycles. The predicted octanol–water partition coefficient (Wildman–Crippen LogP) is 6.38. The molecule has 0 saturated heterocycles. The summed E-state index contributed by atoms with van der Waals surface area (Å²) in [4.78, 5) is 8.96. The lowest BCUT2D eigenvalue weighted by Gasteiger charge is -2.06. The Hall–Kier alpha value is -2.83. The van der Waals surface area contributed by atoms with Crippen LogP contribution in [0.2, 0.25) is 5.02 Å². The Morgan fingerprint density at radius 2 is 1.93 bits per heavy atom. The summed E-state index contributed by atoms with van der Waals surface area (Å²) in [7, 11) is 1.50. The zero-order chi connectivity index (χ0) is 19.7. The molecule has 0 amide bonds. The van der Waals surface area contributed by atoms with Crippen LogP contribution in [-0.4, -0.2) is 23.4 Å². The SMILES string of the molecule is COc1cc(Br)cc(C=Nc2ccc3oc(-c4ccc(Cl)cc4)nc3c2)c1O. The number of methoxy groups -OCH3 is 1. The molecule has 0 unspecified atom stereocenters. The maximum Gasteiger partial charge on any atom is 0.227 e. The number of aromatic hydroxyl groups is 1. The standard InChI is InChI=1S/C21H14BrClN2O3/c1-27-19-9-14(22)8-13(20(19)26)11-24-16-6-7-18-17(10-16)25-21(28-18)12-2-4-15(23)5-3-12/h2-11,26H,1H3. The quantitative estimate of drug-likeness (QED) is 0.361. The fraction of sp³-hybridized carbons (Fsp3) is 0.0476. The summed E-state index contributed by atoms with van der Waals surface area (Å²) < 4.78 is 11.7. The van der Waals surface area contributed by atoms with Crippen LogP contribution in [0.15, 0.2) is 68.5 Å². The van der Waals surface area contributed by atoms with E-state index >= 15 is 0 Å². The zero-order valence-corrected chi connectivity index (χ0v) is 17.0. The van der Waals surface area contributed by atoms with E-state index in [2.05, 4.69) is 25.9 Å². The van der Waals surface area contributed by atoms with Crippen molar-refractivity contribution in [2.45, 2.75) is 0 Å². The molecule has 28 heavy (non-hydrogen) atoms. The number of fused-ring (bicyclic) bond motifs is 1. The molecule has 5 nitrogen and oxygen atoms in total. The number of hydrogen-bond acceptors (Lipinski definition) is 5. The van der Waals surface area contributed by atoms with Crippen molar-refractivity contribution in [3.05, 3.63) is 69.7 Å². The number of aliphatic imine (C=N–C) groups is 1. The van der Waals surface area contributed by atoms with Crippen LogP contribution >= 0.6 is 27.5 Å². The van der Waals surface area contributed by atoms with Gasteiger partial charge >= 0.3 is 0 Å². The molecule has 0 atom stereocenters. The maximum atomic E-state index is 10.2. The molecule has 1 heterocycles. The second-order valence-electron chi connectivity index (χ2n) is 5.98. The van der Waals surface area contributed by atoms with Gasteiger partial charge in [-0.15, -0.1) is 0 Å². The lowest BCUT2D eigenvalue weighted by molar-refractivity contribution is 0.373. The number of oxazole rings is 1. The van der Waals surface area contributed by atoms with Crippen LogP contribution in [-0.2, 0) is 0 Å². The van der Waals surface area contributed by atoms with E-state index in [1.165, 1.54) is 7.11 Å². The summed E-state index contributed by atoms with van der Waals surface area (Å²) in [6.07, 6.45) is 1.57. The van der Waals surface area contributed by atoms with Gasteiger partial charge in [0.15, 0.2) is 17.1 Å². The second-order valence-corrected chi connectivity index (χ2v) is 7.33. The minimum atomic E-state index is 0.0296. The van der Waals surface area contributed by atoms with Crippen molar-refractivity contribution < 1.29 is 14.3 Å². The van der Waals surface area contributed by atoms with E-state index in [-0.39, 0.29) is 5.75 Å². The number of nitrogens with zero attached hydrogens (tertiary/aromatic N) is 2. The molecule has 0 aliphatic carbocycles. The first-order chi connectivity index (χ1) is 13.5. The summed E-state index contributed by atoms with van der Waals surface area (Å²) in [5.74, 6) is 0.916.